The first-order valence-corrected chi connectivity index (χ1v) is 6.29. The van der Waals surface area contributed by atoms with E-state index in [2.05, 4.69) is 38.8 Å². The molecule has 0 unspecified atom stereocenters. The molecule has 0 aromatic carbocycles. The monoisotopic (exact) mass is 326 g/mol. The molecule has 1 saturated heterocycles. The van der Waals surface area contributed by atoms with E-state index in [1.807, 2.05) is 26.8 Å². The molecule has 82 valence electrons. The standard InChI is InChI=1S/C10H16Br2O2/c1-5-7-10(4,6-8(11)12)14-9(2,3)13-7/h6-7H,5H2,1-4H3/t7-,10+/m1/s1. The van der Waals surface area contributed by atoms with Crippen LogP contribution in [0.1, 0.15) is 34.1 Å². The number of ether oxygens (including phenoxy) is 2. The minimum Gasteiger partial charge on any atom is -0.344 e. The third-order valence-electron chi connectivity index (χ3n) is 2.30. The molecule has 1 fully saturated rings. The Labute approximate surface area is 102 Å². The second kappa shape index (κ2) is 4.24. The Morgan fingerprint density at radius 2 is 1.93 bits per heavy atom. The van der Waals surface area contributed by atoms with Gasteiger partial charge in [-0.05, 0) is 65.1 Å². The molecular formula is C10H16Br2O2. The van der Waals surface area contributed by atoms with Crippen molar-refractivity contribution in [2.45, 2.75) is 51.6 Å². The molecule has 2 nitrogen and oxygen atoms in total. The van der Waals surface area contributed by atoms with Crippen molar-refractivity contribution in [3.63, 3.8) is 0 Å². The third kappa shape index (κ3) is 2.81. The highest BCUT2D eigenvalue weighted by atomic mass is 79.9. The van der Waals surface area contributed by atoms with Crippen LogP contribution in [-0.2, 0) is 9.47 Å². The highest BCUT2D eigenvalue weighted by molar-refractivity contribution is 9.28. The van der Waals surface area contributed by atoms with Crippen LogP contribution in [0.15, 0.2) is 9.47 Å². The lowest BCUT2D eigenvalue weighted by Gasteiger charge is -2.24. The normalized spacial score (nSPS) is 35.7. The molecule has 0 radical (unpaired) electrons. The summed E-state index contributed by atoms with van der Waals surface area (Å²) in [6.45, 7) is 8.02. The summed E-state index contributed by atoms with van der Waals surface area (Å²) < 4.78 is 12.6. The summed E-state index contributed by atoms with van der Waals surface area (Å²) in [6.07, 6.45) is 3.03. The largest absolute Gasteiger partial charge is 0.344 e. The molecule has 0 saturated carbocycles. The van der Waals surface area contributed by atoms with E-state index in [0.717, 1.165) is 9.81 Å². The van der Waals surface area contributed by atoms with Gasteiger partial charge in [0.15, 0.2) is 5.79 Å². The Kier molecular flexibility index (Phi) is 3.84. The summed E-state index contributed by atoms with van der Waals surface area (Å²) in [7, 11) is 0. The zero-order valence-corrected chi connectivity index (χ0v) is 12.1. The van der Waals surface area contributed by atoms with Gasteiger partial charge in [0, 0.05) is 0 Å². The first-order chi connectivity index (χ1) is 6.29. The number of hydrogen-bond acceptors (Lipinski definition) is 2. The van der Waals surface area contributed by atoms with Crippen LogP contribution in [0, 0.1) is 0 Å². The fraction of sp³-hybridized carbons (Fsp3) is 0.800. The van der Waals surface area contributed by atoms with Crippen molar-refractivity contribution in [1.82, 2.24) is 0 Å². The Morgan fingerprint density at radius 1 is 1.36 bits per heavy atom. The summed E-state index contributed by atoms with van der Waals surface area (Å²) in [5.41, 5.74) is -0.361. The van der Waals surface area contributed by atoms with Gasteiger partial charge in [0.05, 0.1) is 9.50 Å². The molecule has 1 aliphatic rings. The lowest BCUT2D eigenvalue weighted by molar-refractivity contribution is -0.153. The molecule has 1 rings (SSSR count). The summed E-state index contributed by atoms with van der Waals surface area (Å²) >= 11 is 6.71. The quantitative estimate of drug-likeness (QED) is 0.765. The van der Waals surface area contributed by atoms with Gasteiger partial charge in [-0.15, -0.1) is 0 Å². The molecule has 0 amide bonds. The van der Waals surface area contributed by atoms with Crippen molar-refractivity contribution in [2.75, 3.05) is 0 Å². The van der Waals surface area contributed by atoms with E-state index < -0.39 is 5.79 Å². The fourth-order valence-corrected chi connectivity index (χ4v) is 2.82. The van der Waals surface area contributed by atoms with Gasteiger partial charge in [-0.25, -0.2) is 0 Å². The lowest BCUT2D eigenvalue weighted by Crippen LogP contribution is -2.34. The maximum atomic E-state index is 5.89. The van der Waals surface area contributed by atoms with Crippen LogP contribution in [0.5, 0.6) is 0 Å². The predicted octanol–water partition coefficient (Wildman–Crippen LogP) is 3.94. The van der Waals surface area contributed by atoms with Crippen LogP contribution < -0.4 is 0 Å². The minimum atomic E-state index is -0.499. The van der Waals surface area contributed by atoms with Crippen molar-refractivity contribution >= 4 is 31.9 Å². The second-order valence-corrected chi connectivity index (χ2v) is 6.91. The highest BCUT2D eigenvalue weighted by Crippen LogP contribution is 2.40. The van der Waals surface area contributed by atoms with Crippen molar-refractivity contribution < 1.29 is 9.47 Å². The summed E-state index contributed by atoms with van der Waals surface area (Å²) in [4.78, 5) is 0. The Morgan fingerprint density at radius 3 is 2.36 bits per heavy atom. The van der Waals surface area contributed by atoms with Gasteiger partial charge < -0.3 is 9.47 Å². The average molecular weight is 328 g/mol. The first-order valence-electron chi connectivity index (χ1n) is 4.71. The zero-order valence-electron chi connectivity index (χ0n) is 8.93. The van der Waals surface area contributed by atoms with Crippen LogP contribution in [0.3, 0.4) is 0 Å². The fourth-order valence-electron chi connectivity index (χ4n) is 1.91. The van der Waals surface area contributed by atoms with Crippen molar-refractivity contribution in [3.8, 4) is 0 Å². The van der Waals surface area contributed by atoms with Crippen LogP contribution in [0.2, 0.25) is 0 Å². The summed E-state index contributed by atoms with van der Waals surface area (Å²) in [6, 6.07) is 0. The number of halogens is 2. The van der Waals surface area contributed by atoms with Gasteiger partial charge in [0.1, 0.15) is 5.60 Å². The van der Waals surface area contributed by atoms with Gasteiger partial charge >= 0.3 is 0 Å². The molecule has 4 heteroatoms. The third-order valence-corrected chi connectivity index (χ3v) is 2.76. The van der Waals surface area contributed by atoms with Gasteiger partial charge in [-0.2, -0.15) is 0 Å². The minimum absolute atomic E-state index is 0.0996. The molecular weight excluding hydrogens is 312 g/mol. The topological polar surface area (TPSA) is 18.5 Å². The van der Waals surface area contributed by atoms with Crippen molar-refractivity contribution in [3.05, 3.63) is 9.47 Å². The van der Waals surface area contributed by atoms with Crippen LogP contribution >= 0.6 is 31.9 Å². The molecule has 0 aromatic rings. The van der Waals surface area contributed by atoms with Crippen LogP contribution in [0.4, 0.5) is 0 Å². The zero-order chi connectivity index (χ0) is 11.0. The van der Waals surface area contributed by atoms with Crippen molar-refractivity contribution in [1.29, 1.82) is 0 Å². The highest BCUT2D eigenvalue weighted by Gasteiger charge is 2.47. The van der Waals surface area contributed by atoms with E-state index in [4.69, 9.17) is 9.47 Å². The average Bonchev–Trinajstić information content (AvgIpc) is 2.18. The summed E-state index contributed by atoms with van der Waals surface area (Å²) in [5, 5.41) is 0. The van der Waals surface area contributed by atoms with Crippen molar-refractivity contribution in [2.24, 2.45) is 0 Å². The van der Waals surface area contributed by atoms with E-state index in [1.165, 1.54) is 0 Å². The smallest absolute Gasteiger partial charge is 0.164 e. The van der Waals surface area contributed by atoms with E-state index in [1.54, 1.807) is 0 Å². The molecule has 0 N–H and O–H groups in total. The maximum Gasteiger partial charge on any atom is 0.164 e. The van der Waals surface area contributed by atoms with E-state index in [9.17, 15) is 0 Å². The lowest BCUT2D eigenvalue weighted by atomic mass is 9.98. The molecule has 1 aliphatic heterocycles. The van der Waals surface area contributed by atoms with Gasteiger partial charge in [-0.3, -0.25) is 0 Å². The van der Waals surface area contributed by atoms with Gasteiger partial charge in [0.2, 0.25) is 0 Å². The number of hydrogen-bond donors (Lipinski definition) is 0. The Bertz CT molecular complexity index is 247. The molecule has 1 heterocycles. The molecule has 0 spiro atoms. The van der Waals surface area contributed by atoms with E-state index >= 15 is 0 Å². The Balaban J connectivity index is 2.92. The SMILES string of the molecule is CC[C@H]1OC(C)(C)O[C@@]1(C)C=C(Br)Br. The van der Waals surface area contributed by atoms with Gasteiger partial charge in [0.25, 0.3) is 0 Å². The van der Waals surface area contributed by atoms with Crippen LogP contribution in [-0.4, -0.2) is 17.5 Å². The molecule has 14 heavy (non-hydrogen) atoms. The van der Waals surface area contributed by atoms with E-state index in [0.29, 0.717) is 0 Å². The summed E-state index contributed by atoms with van der Waals surface area (Å²) in [5.74, 6) is -0.499. The predicted molar refractivity (Wildman–Crippen MR) is 64.7 cm³/mol. The maximum absolute atomic E-state index is 5.89. The van der Waals surface area contributed by atoms with Gasteiger partial charge in [-0.1, -0.05) is 6.92 Å². The second-order valence-electron chi connectivity index (χ2n) is 4.13. The molecule has 0 aliphatic carbocycles. The van der Waals surface area contributed by atoms with E-state index in [-0.39, 0.29) is 11.7 Å². The molecule has 0 bridgehead atoms. The first kappa shape index (κ1) is 12.7. The molecule has 0 aromatic heterocycles. The number of rotatable bonds is 2. The molecule has 2 atom stereocenters. The Hall–Kier alpha value is 0.620. The van der Waals surface area contributed by atoms with Crippen LogP contribution in [0.25, 0.3) is 0 Å².